The Morgan fingerprint density at radius 3 is 2.85 bits per heavy atom. The van der Waals surface area contributed by atoms with Crippen LogP contribution in [0.3, 0.4) is 0 Å². The molecule has 1 aromatic heterocycles. The largest absolute Gasteiger partial charge is 0.489 e. The van der Waals surface area contributed by atoms with Crippen molar-refractivity contribution in [1.29, 1.82) is 0 Å². The molecule has 0 bridgehead atoms. The van der Waals surface area contributed by atoms with Gasteiger partial charge in [0.05, 0.1) is 18.4 Å². The van der Waals surface area contributed by atoms with Gasteiger partial charge in [-0.05, 0) is 55.9 Å². The molecule has 0 saturated carbocycles. The SMILES string of the molecule is C=CCOc1ccc(Br)cc1C=NNC(=O)C(=O)Nc1sc2c(c1C(=O)OCC)CCC(C)C2. The Kier molecular flexibility index (Phi) is 9.00. The van der Waals surface area contributed by atoms with Crippen LogP contribution in [0.25, 0.3) is 0 Å². The van der Waals surface area contributed by atoms with Crippen molar-refractivity contribution in [1.82, 2.24) is 5.43 Å². The van der Waals surface area contributed by atoms with Crippen LogP contribution < -0.4 is 15.5 Å². The van der Waals surface area contributed by atoms with Crippen molar-refractivity contribution in [2.24, 2.45) is 11.0 Å². The van der Waals surface area contributed by atoms with Gasteiger partial charge in [0.2, 0.25) is 0 Å². The highest BCUT2D eigenvalue weighted by Gasteiger charge is 2.30. The zero-order valence-corrected chi connectivity index (χ0v) is 21.4. The maximum atomic E-state index is 12.6. The number of carbonyl (C=O) groups excluding carboxylic acids is 3. The fourth-order valence-electron chi connectivity index (χ4n) is 3.53. The number of nitrogens with one attached hydrogen (secondary N) is 2. The first kappa shape index (κ1) is 25.6. The summed E-state index contributed by atoms with van der Waals surface area (Å²) in [7, 11) is 0. The summed E-state index contributed by atoms with van der Waals surface area (Å²) in [6, 6.07) is 5.32. The number of benzene rings is 1. The monoisotopic (exact) mass is 547 g/mol. The summed E-state index contributed by atoms with van der Waals surface area (Å²) >= 11 is 4.69. The fraction of sp³-hybridized carbons (Fsp3) is 0.333. The second-order valence-corrected chi connectivity index (χ2v) is 9.73. The first-order valence-corrected chi connectivity index (χ1v) is 12.4. The highest BCUT2D eigenvalue weighted by atomic mass is 79.9. The van der Waals surface area contributed by atoms with E-state index in [9.17, 15) is 14.4 Å². The number of halogens is 1. The first-order valence-electron chi connectivity index (χ1n) is 10.8. The van der Waals surface area contributed by atoms with Crippen LogP contribution in [-0.4, -0.2) is 37.2 Å². The van der Waals surface area contributed by atoms with Crippen LogP contribution in [0.4, 0.5) is 5.00 Å². The summed E-state index contributed by atoms with van der Waals surface area (Å²) in [4.78, 5) is 38.5. The van der Waals surface area contributed by atoms with E-state index in [4.69, 9.17) is 9.47 Å². The minimum Gasteiger partial charge on any atom is -0.489 e. The molecule has 2 N–H and O–H groups in total. The number of amides is 2. The predicted molar refractivity (Wildman–Crippen MR) is 136 cm³/mol. The molecule has 0 aliphatic heterocycles. The van der Waals surface area contributed by atoms with Gasteiger partial charge in [0.25, 0.3) is 0 Å². The van der Waals surface area contributed by atoms with Crippen molar-refractivity contribution >= 4 is 56.3 Å². The van der Waals surface area contributed by atoms with E-state index in [1.54, 1.807) is 25.1 Å². The van der Waals surface area contributed by atoms with Gasteiger partial charge in [-0.2, -0.15) is 5.10 Å². The molecule has 0 radical (unpaired) electrons. The number of hydrogen-bond acceptors (Lipinski definition) is 7. The third kappa shape index (κ3) is 6.32. The summed E-state index contributed by atoms with van der Waals surface area (Å²) < 4.78 is 11.6. The lowest BCUT2D eigenvalue weighted by Crippen LogP contribution is -2.32. The van der Waals surface area contributed by atoms with E-state index >= 15 is 0 Å². The summed E-state index contributed by atoms with van der Waals surface area (Å²) in [5.74, 6) is -1.35. The van der Waals surface area contributed by atoms with Gasteiger partial charge >= 0.3 is 17.8 Å². The highest BCUT2D eigenvalue weighted by molar-refractivity contribution is 9.10. The molecule has 1 aliphatic rings. The van der Waals surface area contributed by atoms with Crippen LogP contribution in [0.15, 0.2) is 40.4 Å². The van der Waals surface area contributed by atoms with Crippen LogP contribution in [0.2, 0.25) is 0 Å². The normalized spacial score (nSPS) is 14.9. The van der Waals surface area contributed by atoms with Crippen molar-refractivity contribution in [3.05, 3.63) is 56.9 Å². The van der Waals surface area contributed by atoms with Crippen molar-refractivity contribution in [3.63, 3.8) is 0 Å². The van der Waals surface area contributed by atoms with E-state index in [1.807, 2.05) is 6.07 Å². The van der Waals surface area contributed by atoms with Gasteiger partial charge in [-0.15, -0.1) is 11.3 Å². The molecule has 1 unspecified atom stereocenters. The van der Waals surface area contributed by atoms with Crippen LogP contribution in [-0.2, 0) is 27.2 Å². The molecule has 1 heterocycles. The van der Waals surface area contributed by atoms with E-state index in [1.165, 1.54) is 17.6 Å². The Labute approximate surface area is 210 Å². The Morgan fingerprint density at radius 2 is 2.12 bits per heavy atom. The van der Waals surface area contributed by atoms with E-state index < -0.39 is 17.8 Å². The second kappa shape index (κ2) is 11.9. The average molecular weight is 548 g/mol. The van der Waals surface area contributed by atoms with Gasteiger partial charge < -0.3 is 14.8 Å². The van der Waals surface area contributed by atoms with E-state index in [-0.39, 0.29) is 6.61 Å². The lowest BCUT2D eigenvalue weighted by molar-refractivity contribution is -0.136. The van der Waals surface area contributed by atoms with Crippen LogP contribution in [0, 0.1) is 5.92 Å². The summed E-state index contributed by atoms with van der Waals surface area (Å²) in [5, 5.41) is 6.77. The summed E-state index contributed by atoms with van der Waals surface area (Å²) in [6.45, 7) is 8.02. The minimum absolute atomic E-state index is 0.219. The number of hydrazone groups is 1. The van der Waals surface area contributed by atoms with E-state index in [0.29, 0.717) is 34.4 Å². The zero-order chi connectivity index (χ0) is 24.7. The van der Waals surface area contributed by atoms with Crippen LogP contribution in [0.1, 0.15) is 46.6 Å². The zero-order valence-electron chi connectivity index (χ0n) is 19.0. The lowest BCUT2D eigenvalue weighted by Gasteiger charge is -2.18. The standard InChI is InChI=1S/C24H26BrN3O5S/c1-4-10-33-18-9-7-16(25)12-15(18)13-26-28-22(30)21(29)27-23-20(24(31)32-5-2)17-8-6-14(3)11-19(17)34-23/h4,7,9,12-14H,1,5-6,8,10-11H2,2-3H3,(H,27,29)(H,28,30). The number of esters is 1. The molecule has 0 spiro atoms. The molecular weight excluding hydrogens is 522 g/mol. The van der Waals surface area contributed by atoms with Gasteiger partial charge in [0.1, 0.15) is 17.4 Å². The molecule has 180 valence electrons. The lowest BCUT2D eigenvalue weighted by atomic mass is 9.88. The Balaban J connectivity index is 1.72. The average Bonchev–Trinajstić information content (AvgIpc) is 3.15. The third-order valence-corrected chi connectivity index (χ3v) is 6.79. The third-order valence-electron chi connectivity index (χ3n) is 5.12. The first-order chi connectivity index (χ1) is 16.3. The molecule has 1 aromatic carbocycles. The number of carbonyl (C=O) groups is 3. The summed E-state index contributed by atoms with van der Waals surface area (Å²) in [5.41, 5.74) is 4.06. The molecule has 2 aromatic rings. The van der Waals surface area contributed by atoms with Gasteiger partial charge in [-0.3, -0.25) is 9.59 Å². The Hall–Kier alpha value is -2.98. The molecule has 10 heteroatoms. The number of nitrogens with zero attached hydrogens (tertiary/aromatic N) is 1. The van der Waals surface area contributed by atoms with E-state index in [2.05, 4.69) is 45.3 Å². The molecule has 8 nitrogen and oxygen atoms in total. The number of fused-ring (bicyclic) bond motifs is 1. The number of thiophene rings is 1. The van der Waals surface area contributed by atoms with Gasteiger partial charge in [0, 0.05) is 14.9 Å². The van der Waals surface area contributed by atoms with Gasteiger partial charge in [0.15, 0.2) is 0 Å². The highest BCUT2D eigenvalue weighted by Crippen LogP contribution is 2.40. The maximum absolute atomic E-state index is 12.6. The Morgan fingerprint density at radius 1 is 1.32 bits per heavy atom. The molecule has 34 heavy (non-hydrogen) atoms. The predicted octanol–water partition coefficient (Wildman–Crippen LogP) is 4.47. The van der Waals surface area contributed by atoms with Crippen LogP contribution >= 0.6 is 27.3 Å². The number of hydrogen-bond donors (Lipinski definition) is 2. The van der Waals surface area contributed by atoms with Gasteiger partial charge in [-0.1, -0.05) is 35.5 Å². The molecule has 2 amide bonds. The van der Waals surface area contributed by atoms with Crippen molar-refractivity contribution in [2.45, 2.75) is 33.1 Å². The maximum Gasteiger partial charge on any atom is 0.341 e. The van der Waals surface area contributed by atoms with Crippen molar-refractivity contribution < 1.29 is 23.9 Å². The fourth-order valence-corrected chi connectivity index (χ4v) is 5.30. The molecular formula is C24H26BrN3O5S. The molecule has 1 atom stereocenters. The quantitative estimate of drug-likeness (QED) is 0.167. The molecule has 3 rings (SSSR count). The smallest absolute Gasteiger partial charge is 0.341 e. The topological polar surface area (TPSA) is 106 Å². The van der Waals surface area contributed by atoms with E-state index in [0.717, 1.165) is 34.2 Å². The molecule has 0 saturated heterocycles. The summed E-state index contributed by atoms with van der Waals surface area (Å²) in [6.07, 6.45) is 5.50. The number of ether oxygens (including phenoxy) is 2. The molecule has 1 aliphatic carbocycles. The number of anilines is 1. The van der Waals surface area contributed by atoms with Crippen molar-refractivity contribution in [3.8, 4) is 5.75 Å². The minimum atomic E-state index is -0.964. The Bertz CT molecular complexity index is 1130. The van der Waals surface area contributed by atoms with Crippen LogP contribution in [0.5, 0.6) is 5.75 Å². The van der Waals surface area contributed by atoms with Gasteiger partial charge in [-0.25, -0.2) is 10.2 Å². The molecule has 0 fully saturated rings. The van der Waals surface area contributed by atoms with Crippen molar-refractivity contribution in [2.75, 3.05) is 18.5 Å². The number of rotatable bonds is 8. The second-order valence-electron chi connectivity index (χ2n) is 7.71.